The molecule has 0 saturated carbocycles. The summed E-state index contributed by atoms with van der Waals surface area (Å²) >= 11 is 8.16. The quantitative estimate of drug-likeness (QED) is 0.463. The Labute approximate surface area is 105 Å². The summed E-state index contributed by atoms with van der Waals surface area (Å²) in [6.07, 6.45) is 1.69. The molecule has 0 unspecified atom stereocenters. The van der Waals surface area contributed by atoms with Gasteiger partial charge in [-0.3, -0.25) is 10.2 Å². The highest BCUT2D eigenvalue weighted by atomic mass is 79.9. The van der Waals surface area contributed by atoms with E-state index >= 15 is 0 Å². The Hall–Kier alpha value is -1.47. The molecular weight excluding hydrogens is 290 g/mol. The number of halogens is 1. The SMILES string of the molecule is S=c1nc(N/N=C\c2ccc(Br)cc2)[nH][nH]1. The minimum Gasteiger partial charge on any atom is -0.272 e. The first kappa shape index (κ1) is 11.0. The minimum absolute atomic E-state index is 0.390. The first-order valence-corrected chi connectivity index (χ1v) is 5.63. The molecule has 0 aliphatic carbocycles. The normalized spacial score (nSPS) is 10.8. The molecule has 0 aliphatic heterocycles. The lowest BCUT2D eigenvalue weighted by Gasteiger charge is -1.94. The van der Waals surface area contributed by atoms with Crippen molar-refractivity contribution in [2.24, 2.45) is 5.10 Å². The fourth-order valence-electron chi connectivity index (χ4n) is 1.04. The summed E-state index contributed by atoms with van der Waals surface area (Å²) < 4.78 is 1.43. The molecule has 2 aromatic rings. The second-order valence-electron chi connectivity index (χ2n) is 2.94. The lowest BCUT2D eigenvalue weighted by Crippen LogP contribution is -1.92. The third-order valence-electron chi connectivity index (χ3n) is 1.76. The fraction of sp³-hybridized carbons (Fsp3) is 0. The number of aromatic nitrogens is 3. The third kappa shape index (κ3) is 3.01. The Bertz CT molecular complexity index is 542. The van der Waals surface area contributed by atoms with Crippen molar-refractivity contribution >= 4 is 40.3 Å². The summed E-state index contributed by atoms with van der Waals surface area (Å²) in [6, 6.07) is 7.79. The van der Waals surface area contributed by atoms with Crippen LogP contribution in [-0.2, 0) is 0 Å². The summed E-state index contributed by atoms with van der Waals surface area (Å²) in [4.78, 5) is 3.93. The van der Waals surface area contributed by atoms with Crippen molar-refractivity contribution < 1.29 is 0 Å². The molecule has 0 aliphatic rings. The van der Waals surface area contributed by atoms with Crippen LogP contribution in [0.1, 0.15) is 5.56 Å². The molecule has 0 amide bonds. The molecule has 1 aromatic heterocycles. The predicted molar refractivity (Wildman–Crippen MR) is 69.1 cm³/mol. The summed E-state index contributed by atoms with van der Waals surface area (Å²) in [5.74, 6) is 0.485. The molecule has 0 radical (unpaired) electrons. The number of rotatable bonds is 3. The van der Waals surface area contributed by atoms with Crippen LogP contribution in [0.25, 0.3) is 0 Å². The van der Waals surface area contributed by atoms with E-state index in [1.807, 2.05) is 24.3 Å². The Kier molecular flexibility index (Phi) is 3.47. The maximum Gasteiger partial charge on any atom is 0.238 e. The molecule has 82 valence electrons. The summed E-state index contributed by atoms with van der Waals surface area (Å²) in [5, 5.41) is 9.39. The minimum atomic E-state index is 0.390. The topological polar surface area (TPSA) is 68.9 Å². The van der Waals surface area contributed by atoms with Gasteiger partial charge in [0.1, 0.15) is 0 Å². The van der Waals surface area contributed by atoms with Crippen LogP contribution in [0.5, 0.6) is 0 Å². The van der Waals surface area contributed by atoms with Crippen molar-refractivity contribution in [3.05, 3.63) is 39.1 Å². The van der Waals surface area contributed by atoms with Crippen LogP contribution >= 0.6 is 28.1 Å². The average Bonchev–Trinajstić information content (AvgIpc) is 2.67. The number of H-pyrrole nitrogens is 2. The number of aromatic amines is 2. The highest BCUT2D eigenvalue weighted by Crippen LogP contribution is 2.09. The number of anilines is 1. The second kappa shape index (κ2) is 5.04. The van der Waals surface area contributed by atoms with E-state index in [4.69, 9.17) is 12.2 Å². The zero-order valence-electron chi connectivity index (χ0n) is 8.07. The largest absolute Gasteiger partial charge is 0.272 e. The van der Waals surface area contributed by atoms with Gasteiger partial charge in [0.2, 0.25) is 10.7 Å². The third-order valence-corrected chi connectivity index (χ3v) is 2.48. The predicted octanol–water partition coefficient (Wildman–Crippen LogP) is 2.68. The molecule has 0 fully saturated rings. The zero-order valence-corrected chi connectivity index (χ0v) is 10.5. The van der Waals surface area contributed by atoms with Crippen LogP contribution in [-0.4, -0.2) is 21.4 Å². The summed E-state index contributed by atoms with van der Waals surface area (Å²) in [6.45, 7) is 0. The van der Waals surface area contributed by atoms with Crippen LogP contribution < -0.4 is 5.43 Å². The van der Waals surface area contributed by atoms with Gasteiger partial charge in [0.05, 0.1) is 6.21 Å². The van der Waals surface area contributed by atoms with Gasteiger partial charge in [-0.15, -0.1) is 0 Å². The fourth-order valence-corrected chi connectivity index (χ4v) is 1.45. The number of nitrogens with one attached hydrogen (secondary N) is 3. The van der Waals surface area contributed by atoms with Crippen molar-refractivity contribution in [1.29, 1.82) is 0 Å². The van der Waals surface area contributed by atoms with E-state index < -0.39 is 0 Å². The first-order chi connectivity index (χ1) is 7.74. The lowest BCUT2D eigenvalue weighted by molar-refractivity contribution is 1.07. The molecule has 0 bridgehead atoms. The van der Waals surface area contributed by atoms with Gasteiger partial charge in [-0.2, -0.15) is 10.1 Å². The molecule has 0 saturated heterocycles. The number of hydrogen-bond acceptors (Lipinski definition) is 4. The molecular formula is C9H8BrN5S. The maximum absolute atomic E-state index is 4.80. The highest BCUT2D eigenvalue weighted by molar-refractivity contribution is 9.10. The van der Waals surface area contributed by atoms with Gasteiger partial charge in [0.25, 0.3) is 0 Å². The van der Waals surface area contributed by atoms with Gasteiger partial charge in [0.15, 0.2) is 0 Å². The maximum atomic E-state index is 4.80. The smallest absolute Gasteiger partial charge is 0.238 e. The molecule has 7 heteroatoms. The van der Waals surface area contributed by atoms with Crippen LogP contribution in [0.2, 0.25) is 0 Å². The van der Waals surface area contributed by atoms with Crippen LogP contribution in [0, 0.1) is 4.77 Å². The molecule has 1 heterocycles. The van der Waals surface area contributed by atoms with Crippen molar-refractivity contribution in [3.63, 3.8) is 0 Å². The molecule has 0 atom stereocenters. The van der Waals surface area contributed by atoms with Crippen molar-refractivity contribution in [2.45, 2.75) is 0 Å². The number of hydrazone groups is 1. The Morgan fingerprint density at radius 2 is 2.06 bits per heavy atom. The summed E-state index contributed by atoms with van der Waals surface area (Å²) in [7, 11) is 0. The standard InChI is InChI=1S/C9H8BrN5S/c10-7-3-1-6(2-4-7)5-11-13-8-12-9(16)15-14-8/h1-5H,(H3,12,13,14,15,16)/b11-5-. The van der Waals surface area contributed by atoms with E-state index in [-0.39, 0.29) is 0 Å². The van der Waals surface area contributed by atoms with E-state index in [1.54, 1.807) is 6.21 Å². The molecule has 5 nitrogen and oxygen atoms in total. The van der Waals surface area contributed by atoms with Crippen molar-refractivity contribution in [1.82, 2.24) is 15.2 Å². The van der Waals surface area contributed by atoms with E-state index in [2.05, 4.69) is 41.6 Å². The highest BCUT2D eigenvalue weighted by Gasteiger charge is 1.91. The van der Waals surface area contributed by atoms with E-state index in [9.17, 15) is 0 Å². The summed E-state index contributed by atoms with van der Waals surface area (Å²) in [5.41, 5.74) is 3.71. The molecule has 2 rings (SSSR count). The van der Waals surface area contributed by atoms with Crippen LogP contribution in [0.3, 0.4) is 0 Å². The lowest BCUT2D eigenvalue weighted by atomic mass is 10.2. The first-order valence-electron chi connectivity index (χ1n) is 4.43. The van der Waals surface area contributed by atoms with E-state index in [1.165, 1.54) is 0 Å². The van der Waals surface area contributed by atoms with Gasteiger partial charge in [-0.1, -0.05) is 28.1 Å². The molecule has 0 spiro atoms. The Balaban J connectivity index is 1.99. The monoisotopic (exact) mass is 297 g/mol. The Morgan fingerprint density at radius 3 is 2.69 bits per heavy atom. The number of benzene rings is 1. The molecule has 16 heavy (non-hydrogen) atoms. The molecule has 3 N–H and O–H groups in total. The molecule has 1 aromatic carbocycles. The van der Waals surface area contributed by atoms with Crippen molar-refractivity contribution in [3.8, 4) is 0 Å². The van der Waals surface area contributed by atoms with Crippen molar-refractivity contribution in [2.75, 3.05) is 5.43 Å². The average molecular weight is 298 g/mol. The van der Waals surface area contributed by atoms with Crippen LogP contribution in [0.15, 0.2) is 33.8 Å². The van der Waals surface area contributed by atoms with Gasteiger partial charge >= 0.3 is 0 Å². The number of hydrogen-bond donors (Lipinski definition) is 3. The number of nitrogens with zero attached hydrogens (tertiary/aromatic N) is 2. The van der Waals surface area contributed by atoms with E-state index in [0.717, 1.165) is 10.0 Å². The second-order valence-corrected chi connectivity index (χ2v) is 4.24. The van der Waals surface area contributed by atoms with Gasteiger partial charge in [0, 0.05) is 4.47 Å². The van der Waals surface area contributed by atoms with E-state index in [0.29, 0.717) is 10.7 Å². The van der Waals surface area contributed by atoms with Gasteiger partial charge in [-0.25, -0.2) is 5.43 Å². The van der Waals surface area contributed by atoms with Crippen LogP contribution in [0.4, 0.5) is 5.95 Å². The van der Waals surface area contributed by atoms with Gasteiger partial charge < -0.3 is 0 Å². The van der Waals surface area contributed by atoms with Gasteiger partial charge in [-0.05, 0) is 29.9 Å². The Morgan fingerprint density at radius 1 is 1.31 bits per heavy atom. The zero-order chi connectivity index (χ0) is 11.4.